The number of likely N-dealkylation sites (tertiary alicyclic amines) is 1. The van der Waals surface area contributed by atoms with Gasteiger partial charge in [0.2, 0.25) is 0 Å². The van der Waals surface area contributed by atoms with E-state index in [9.17, 15) is 9.90 Å². The second-order valence-electron chi connectivity index (χ2n) is 7.46. The zero-order valence-corrected chi connectivity index (χ0v) is 14.2. The fraction of sp³-hybridized carbons (Fsp3) is 0.941. The first-order valence-corrected chi connectivity index (χ1v) is 8.98. The van der Waals surface area contributed by atoms with Gasteiger partial charge in [-0.15, -0.1) is 0 Å². The number of amides is 2. The maximum absolute atomic E-state index is 11.9. The van der Waals surface area contributed by atoms with Gasteiger partial charge >= 0.3 is 6.03 Å². The average Bonchev–Trinajstić information content (AvgIpc) is 2.89. The molecule has 5 heteroatoms. The number of piperidine rings is 1. The average molecular weight is 311 g/mol. The third-order valence-electron chi connectivity index (χ3n) is 4.91. The van der Waals surface area contributed by atoms with Crippen molar-refractivity contribution in [2.24, 2.45) is 11.8 Å². The van der Waals surface area contributed by atoms with Crippen LogP contribution in [-0.4, -0.2) is 54.4 Å². The molecule has 0 aromatic heterocycles. The number of nitrogens with zero attached hydrogens (tertiary/aromatic N) is 1. The van der Waals surface area contributed by atoms with Crippen LogP contribution in [0.25, 0.3) is 0 Å². The summed E-state index contributed by atoms with van der Waals surface area (Å²) < 4.78 is 0. The summed E-state index contributed by atoms with van der Waals surface area (Å²) in [5, 5.41) is 15.5. The molecule has 2 amide bonds. The van der Waals surface area contributed by atoms with Gasteiger partial charge < -0.3 is 15.7 Å². The molecule has 1 aliphatic carbocycles. The summed E-state index contributed by atoms with van der Waals surface area (Å²) in [7, 11) is 0. The lowest BCUT2D eigenvalue weighted by Crippen LogP contribution is -2.49. The van der Waals surface area contributed by atoms with E-state index < -0.39 is 0 Å². The Hall–Kier alpha value is -0.810. The molecule has 22 heavy (non-hydrogen) atoms. The molecule has 128 valence electrons. The van der Waals surface area contributed by atoms with Crippen molar-refractivity contribution in [2.45, 2.75) is 64.5 Å². The number of hydrogen-bond donors (Lipinski definition) is 3. The lowest BCUT2D eigenvalue weighted by Gasteiger charge is -2.36. The van der Waals surface area contributed by atoms with Crippen molar-refractivity contribution >= 4 is 6.03 Å². The second kappa shape index (κ2) is 8.73. The van der Waals surface area contributed by atoms with Gasteiger partial charge in [0.05, 0.1) is 6.10 Å². The van der Waals surface area contributed by atoms with E-state index in [4.69, 9.17) is 0 Å². The molecule has 3 N–H and O–H groups in total. The normalized spacial score (nSPS) is 29.7. The Morgan fingerprint density at radius 3 is 2.64 bits per heavy atom. The van der Waals surface area contributed by atoms with E-state index in [0.717, 1.165) is 38.9 Å². The van der Waals surface area contributed by atoms with Crippen molar-refractivity contribution in [1.29, 1.82) is 0 Å². The molecule has 1 saturated carbocycles. The zero-order chi connectivity index (χ0) is 15.9. The van der Waals surface area contributed by atoms with Crippen molar-refractivity contribution in [2.75, 3.05) is 26.2 Å². The summed E-state index contributed by atoms with van der Waals surface area (Å²) in [6.07, 6.45) is 6.28. The van der Waals surface area contributed by atoms with Crippen molar-refractivity contribution < 1.29 is 9.90 Å². The third-order valence-corrected chi connectivity index (χ3v) is 4.91. The standard InChI is InChI=1S/C17H33N3O2/c1-13(2)12-20-8-4-3-5-15(20)11-19-17(22)18-10-14-6-7-16(21)9-14/h13-16,21H,3-12H2,1-2H3,(H2,18,19,22)/t14-,15-,16+/m1/s1. The van der Waals surface area contributed by atoms with Gasteiger partial charge in [0.25, 0.3) is 0 Å². The van der Waals surface area contributed by atoms with Crippen LogP contribution in [0.5, 0.6) is 0 Å². The first-order chi connectivity index (χ1) is 10.5. The Balaban J connectivity index is 1.65. The monoisotopic (exact) mass is 311 g/mol. The van der Waals surface area contributed by atoms with E-state index in [1.807, 2.05) is 0 Å². The lowest BCUT2D eigenvalue weighted by atomic mass is 10.0. The molecule has 3 atom stereocenters. The SMILES string of the molecule is CC(C)CN1CCCC[C@@H]1CNC(=O)NC[C@@H]1CC[C@H](O)C1. The van der Waals surface area contributed by atoms with E-state index in [1.54, 1.807) is 0 Å². The fourth-order valence-corrected chi connectivity index (χ4v) is 3.74. The van der Waals surface area contributed by atoms with Crippen LogP contribution in [0.15, 0.2) is 0 Å². The van der Waals surface area contributed by atoms with E-state index in [1.165, 1.54) is 19.3 Å². The Kier molecular flexibility index (Phi) is 6.96. The third kappa shape index (κ3) is 5.76. The minimum Gasteiger partial charge on any atom is -0.393 e. The highest BCUT2D eigenvalue weighted by Crippen LogP contribution is 2.24. The number of urea groups is 1. The van der Waals surface area contributed by atoms with Crippen LogP contribution in [0.1, 0.15) is 52.4 Å². The number of carbonyl (C=O) groups excluding carboxylic acids is 1. The molecule has 0 aromatic rings. The van der Waals surface area contributed by atoms with Gasteiger partial charge in [-0.25, -0.2) is 4.79 Å². The summed E-state index contributed by atoms with van der Waals surface area (Å²) >= 11 is 0. The second-order valence-corrected chi connectivity index (χ2v) is 7.46. The Morgan fingerprint density at radius 2 is 1.95 bits per heavy atom. The molecule has 1 aliphatic heterocycles. The zero-order valence-electron chi connectivity index (χ0n) is 14.2. The van der Waals surface area contributed by atoms with Gasteiger partial charge in [0.15, 0.2) is 0 Å². The van der Waals surface area contributed by atoms with Gasteiger partial charge in [-0.05, 0) is 50.5 Å². The number of hydrogen-bond acceptors (Lipinski definition) is 3. The maximum atomic E-state index is 11.9. The molecule has 0 unspecified atom stereocenters. The largest absolute Gasteiger partial charge is 0.393 e. The van der Waals surface area contributed by atoms with Gasteiger partial charge in [-0.2, -0.15) is 0 Å². The molecule has 2 rings (SSSR count). The predicted molar refractivity (Wildman–Crippen MR) is 88.8 cm³/mol. The summed E-state index contributed by atoms with van der Waals surface area (Å²) in [5.41, 5.74) is 0. The van der Waals surface area contributed by atoms with Crippen LogP contribution in [-0.2, 0) is 0 Å². The van der Waals surface area contributed by atoms with Crippen LogP contribution >= 0.6 is 0 Å². The van der Waals surface area contributed by atoms with Gasteiger partial charge in [-0.3, -0.25) is 4.90 Å². The molecular formula is C17H33N3O2. The summed E-state index contributed by atoms with van der Waals surface area (Å²) in [4.78, 5) is 14.5. The number of nitrogens with one attached hydrogen (secondary N) is 2. The van der Waals surface area contributed by atoms with Crippen LogP contribution in [0.3, 0.4) is 0 Å². The van der Waals surface area contributed by atoms with Crippen LogP contribution in [0.4, 0.5) is 4.79 Å². The van der Waals surface area contributed by atoms with Gasteiger partial charge in [0.1, 0.15) is 0 Å². The minimum absolute atomic E-state index is 0.0588. The molecular weight excluding hydrogens is 278 g/mol. The predicted octanol–water partition coefficient (Wildman–Crippen LogP) is 1.96. The summed E-state index contributed by atoms with van der Waals surface area (Å²) in [5.74, 6) is 1.11. The van der Waals surface area contributed by atoms with Gasteiger partial charge in [0, 0.05) is 25.7 Å². The van der Waals surface area contributed by atoms with Crippen LogP contribution in [0, 0.1) is 11.8 Å². The van der Waals surface area contributed by atoms with Crippen molar-refractivity contribution in [3.8, 4) is 0 Å². The number of rotatable bonds is 6. The number of carbonyl (C=O) groups is 1. The summed E-state index contributed by atoms with van der Waals surface area (Å²) in [6, 6.07) is 0.423. The molecule has 2 fully saturated rings. The van der Waals surface area contributed by atoms with Crippen molar-refractivity contribution in [3.63, 3.8) is 0 Å². The minimum atomic E-state index is -0.165. The van der Waals surface area contributed by atoms with Gasteiger partial charge in [-0.1, -0.05) is 20.3 Å². The molecule has 0 bridgehead atoms. The van der Waals surface area contributed by atoms with E-state index in [2.05, 4.69) is 29.4 Å². The lowest BCUT2D eigenvalue weighted by molar-refractivity contribution is 0.130. The molecule has 0 spiro atoms. The quantitative estimate of drug-likeness (QED) is 0.702. The molecule has 1 saturated heterocycles. The Labute approximate surface area is 134 Å². The summed E-state index contributed by atoms with van der Waals surface area (Å²) in [6.45, 7) is 8.21. The molecule has 0 aromatic carbocycles. The Bertz CT molecular complexity index is 349. The maximum Gasteiger partial charge on any atom is 0.314 e. The molecule has 5 nitrogen and oxygen atoms in total. The van der Waals surface area contributed by atoms with E-state index in [0.29, 0.717) is 24.4 Å². The van der Waals surface area contributed by atoms with Crippen molar-refractivity contribution in [1.82, 2.24) is 15.5 Å². The number of aliphatic hydroxyl groups is 1. The Morgan fingerprint density at radius 1 is 1.18 bits per heavy atom. The molecule has 2 aliphatic rings. The first-order valence-electron chi connectivity index (χ1n) is 8.98. The highest BCUT2D eigenvalue weighted by Gasteiger charge is 2.24. The van der Waals surface area contributed by atoms with Crippen LogP contribution in [0.2, 0.25) is 0 Å². The number of aliphatic hydroxyl groups excluding tert-OH is 1. The first kappa shape index (κ1) is 17.5. The van der Waals surface area contributed by atoms with Crippen molar-refractivity contribution in [3.05, 3.63) is 0 Å². The topological polar surface area (TPSA) is 64.6 Å². The molecule has 0 radical (unpaired) electrons. The fourth-order valence-electron chi connectivity index (χ4n) is 3.74. The van der Waals surface area contributed by atoms with E-state index >= 15 is 0 Å². The highest BCUT2D eigenvalue weighted by molar-refractivity contribution is 5.73. The highest BCUT2D eigenvalue weighted by atomic mass is 16.3. The van der Waals surface area contributed by atoms with Crippen LogP contribution < -0.4 is 10.6 Å². The smallest absolute Gasteiger partial charge is 0.314 e. The molecule has 1 heterocycles. The van der Waals surface area contributed by atoms with E-state index in [-0.39, 0.29) is 12.1 Å².